The molecule has 0 atom stereocenters. The van der Waals surface area contributed by atoms with E-state index in [2.05, 4.69) is 17.6 Å². The zero-order chi connectivity index (χ0) is 25.5. The standard InChI is InChI=1S/C28H30N4O4/c1-3-20-9-11-21(12-10-20)17-29-26(33)18-31-24-7-5-6-8-25(24)32(19-27(31)34)28(35)30-22-13-15-23(16-14-22)36-4-2/h5-16H,3-4,17-19H2,1-2H3,(H,29,33)(H,30,35). The van der Waals surface area contributed by atoms with E-state index in [-0.39, 0.29) is 24.9 Å². The Morgan fingerprint density at radius 3 is 2.22 bits per heavy atom. The third kappa shape index (κ3) is 5.83. The van der Waals surface area contributed by atoms with Crippen LogP contribution in [0.15, 0.2) is 72.8 Å². The number of benzene rings is 3. The third-order valence-electron chi connectivity index (χ3n) is 5.94. The molecule has 0 saturated carbocycles. The van der Waals surface area contributed by atoms with Gasteiger partial charge in [-0.3, -0.25) is 19.4 Å². The van der Waals surface area contributed by atoms with E-state index in [9.17, 15) is 14.4 Å². The highest BCUT2D eigenvalue weighted by atomic mass is 16.5. The highest BCUT2D eigenvalue weighted by Crippen LogP contribution is 2.33. The van der Waals surface area contributed by atoms with Crippen LogP contribution < -0.4 is 25.2 Å². The van der Waals surface area contributed by atoms with Gasteiger partial charge in [0, 0.05) is 12.2 Å². The molecule has 186 valence electrons. The molecule has 0 fully saturated rings. The average Bonchev–Trinajstić information content (AvgIpc) is 2.90. The van der Waals surface area contributed by atoms with Crippen molar-refractivity contribution in [1.82, 2.24) is 5.32 Å². The van der Waals surface area contributed by atoms with Crippen LogP contribution in [0.2, 0.25) is 0 Å². The van der Waals surface area contributed by atoms with E-state index in [0.717, 1.165) is 12.0 Å². The summed E-state index contributed by atoms with van der Waals surface area (Å²) in [5, 5.41) is 5.71. The first kappa shape index (κ1) is 24.8. The fourth-order valence-electron chi connectivity index (χ4n) is 4.00. The summed E-state index contributed by atoms with van der Waals surface area (Å²) in [6, 6.07) is 21.7. The fourth-order valence-corrected chi connectivity index (χ4v) is 4.00. The molecule has 0 radical (unpaired) electrons. The molecule has 2 N–H and O–H groups in total. The van der Waals surface area contributed by atoms with Crippen molar-refractivity contribution in [3.05, 3.63) is 83.9 Å². The largest absolute Gasteiger partial charge is 0.494 e. The van der Waals surface area contributed by atoms with Crippen molar-refractivity contribution in [2.24, 2.45) is 0 Å². The summed E-state index contributed by atoms with van der Waals surface area (Å²) in [4.78, 5) is 41.6. The van der Waals surface area contributed by atoms with Gasteiger partial charge >= 0.3 is 6.03 Å². The Hall–Kier alpha value is -4.33. The van der Waals surface area contributed by atoms with Crippen LogP contribution in [0.25, 0.3) is 0 Å². The van der Waals surface area contributed by atoms with Crippen LogP contribution in [0.1, 0.15) is 25.0 Å². The fraction of sp³-hybridized carbons (Fsp3) is 0.250. The third-order valence-corrected chi connectivity index (χ3v) is 5.94. The maximum Gasteiger partial charge on any atom is 0.326 e. The smallest absolute Gasteiger partial charge is 0.326 e. The van der Waals surface area contributed by atoms with E-state index in [0.29, 0.717) is 36.0 Å². The number of hydrogen-bond acceptors (Lipinski definition) is 4. The molecule has 0 aliphatic carbocycles. The molecule has 0 aromatic heterocycles. The van der Waals surface area contributed by atoms with Crippen molar-refractivity contribution in [2.75, 3.05) is 34.8 Å². The number of amides is 4. The number of rotatable bonds is 8. The maximum atomic E-state index is 13.1. The van der Waals surface area contributed by atoms with Gasteiger partial charge in [-0.15, -0.1) is 0 Å². The Bertz CT molecular complexity index is 1230. The molecule has 1 aliphatic rings. The van der Waals surface area contributed by atoms with Crippen LogP contribution in [0, 0.1) is 0 Å². The molecule has 1 heterocycles. The normalized spacial score (nSPS) is 12.7. The molecule has 0 spiro atoms. The average molecular weight is 487 g/mol. The quantitative estimate of drug-likeness (QED) is 0.495. The van der Waals surface area contributed by atoms with E-state index in [1.807, 2.05) is 31.2 Å². The van der Waals surface area contributed by atoms with Crippen LogP contribution in [0.4, 0.5) is 21.9 Å². The summed E-state index contributed by atoms with van der Waals surface area (Å²) >= 11 is 0. The number of anilines is 3. The summed E-state index contributed by atoms with van der Waals surface area (Å²) in [6.45, 7) is 4.62. The molecular formula is C28H30N4O4. The summed E-state index contributed by atoms with van der Waals surface area (Å²) in [6.07, 6.45) is 0.957. The number of fused-ring (bicyclic) bond motifs is 1. The lowest BCUT2D eigenvalue weighted by Crippen LogP contribution is -2.51. The number of carbonyl (C=O) groups excluding carboxylic acids is 3. The minimum atomic E-state index is -0.431. The van der Waals surface area contributed by atoms with Crippen LogP contribution in [0.3, 0.4) is 0 Å². The van der Waals surface area contributed by atoms with E-state index < -0.39 is 6.03 Å². The van der Waals surface area contributed by atoms with Gasteiger partial charge in [-0.1, -0.05) is 43.3 Å². The molecule has 36 heavy (non-hydrogen) atoms. The monoisotopic (exact) mass is 486 g/mol. The van der Waals surface area contributed by atoms with Crippen LogP contribution in [0.5, 0.6) is 5.75 Å². The van der Waals surface area contributed by atoms with Crippen molar-refractivity contribution in [1.29, 1.82) is 0 Å². The number of nitrogens with one attached hydrogen (secondary N) is 2. The second kappa shape index (κ2) is 11.4. The van der Waals surface area contributed by atoms with E-state index in [1.165, 1.54) is 15.4 Å². The predicted octanol–water partition coefficient (Wildman–Crippen LogP) is 4.35. The maximum absolute atomic E-state index is 13.1. The highest BCUT2D eigenvalue weighted by molar-refractivity contribution is 6.15. The van der Waals surface area contributed by atoms with Gasteiger partial charge in [0.2, 0.25) is 11.8 Å². The number of urea groups is 1. The number of nitrogens with zero attached hydrogens (tertiary/aromatic N) is 2. The molecule has 8 nitrogen and oxygen atoms in total. The SMILES string of the molecule is CCOc1ccc(NC(=O)N2CC(=O)N(CC(=O)NCc3ccc(CC)cc3)c3ccccc32)cc1. The molecule has 1 aliphatic heterocycles. The molecule has 3 aromatic carbocycles. The van der Waals surface area contributed by atoms with Gasteiger partial charge in [0.15, 0.2) is 0 Å². The van der Waals surface area contributed by atoms with Gasteiger partial charge in [-0.05, 0) is 60.9 Å². The van der Waals surface area contributed by atoms with E-state index >= 15 is 0 Å². The molecular weight excluding hydrogens is 456 g/mol. The second-order valence-corrected chi connectivity index (χ2v) is 8.39. The number of ether oxygens (including phenoxy) is 1. The van der Waals surface area contributed by atoms with E-state index in [4.69, 9.17) is 4.74 Å². The molecule has 4 rings (SSSR count). The topological polar surface area (TPSA) is 91.0 Å². The van der Waals surface area contributed by atoms with Crippen molar-refractivity contribution in [3.63, 3.8) is 0 Å². The summed E-state index contributed by atoms with van der Waals surface area (Å²) in [7, 11) is 0. The first-order valence-corrected chi connectivity index (χ1v) is 12.0. The van der Waals surface area contributed by atoms with Crippen molar-refractivity contribution in [2.45, 2.75) is 26.8 Å². The number of carbonyl (C=O) groups is 3. The lowest BCUT2D eigenvalue weighted by atomic mass is 10.1. The van der Waals surface area contributed by atoms with Gasteiger partial charge in [-0.25, -0.2) is 4.79 Å². The number of aryl methyl sites for hydroxylation is 1. The van der Waals surface area contributed by atoms with Crippen LogP contribution in [-0.4, -0.2) is 37.5 Å². The Morgan fingerprint density at radius 1 is 0.889 bits per heavy atom. The molecule has 0 saturated heterocycles. The highest BCUT2D eigenvalue weighted by Gasteiger charge is 2.33. The Balaban J connectivity index is 1.42. The van der Waals surface area contributed by atoms with Crippen LogP contribution >= 0.6 is 0 Å². The Labute approximate surface area is 210 Å². The molecule has 8 heteroatoms. The lowest BCUT2D eigenvalue weighted by molar-refractivity contribution is -0.123. The van der Waals surface area contributed by atoms with E-state index in [1.54, 1.807) is 48.5 Å². The number of hydrogen-bond donors (Lipinski definition) is 2. The number of para-hydroxylation sites is 2. The lowest BCUT2D eigenvalue weighted by Gasteiger charge is -2.35. The molecule has 4 amide bonds. The van der Waals surface area contributed by atoms with Crippen molar-refractivity contribution >= 4 is 34.9 Å². The Morgan fingerprint density at radius 2 is 1.56 bits per heavy atom. The van der Waals surface area contributed by atoms with Gasteiger partial charge < -0.3 is 15.4 Å². The summed E-state index contributed by atoms with van der Waals surface area (Å²) in [5.41, 5.74) is 3.88. The van der Waals surface area contributed by atoms with Crippen molar-refractivity contribution < 1.29 is 19.1 Å². The minimum absolute atomic E-state index is 0.128. The Kier molecular flexibility index (Phi) is 7.85. The second-order valence-electron chi connectivity index (χ2n) is 8.39. The first-order chi connectivity index (χ1) is 17.5. The zero-order valence-electron chi connectivity index (χ0n) is 20.5. The summed E-state index contributed by atoms with van der Waals surface area (Å²) < 4.78 is 5.43. The van der Waals surface area contributed by atoms with Crippen LogP contribution in [-0.2, 0) is 22.6 Å². The molecule has 0 unspecified atom stereocenters. The van der Waals surface area contributed by atoms with Gasteiger partial charge in [-0.2, -0.15) is 0 Å². The van der Waals surface area contributed by atoms with Crippen molar-refractivity contribution in [3.8, 4) is 5.75 Å². The zero-order valence-corrected chi connectivity index (χ0v) is 20.5. The molecule has 3 aromatic rings. The first-order valence-electron chi connectivity index (χ1n) is 12.0. The van der Waals surface area contributed by atoms with Gasteiger partial charge in [0.25, 0.3) is 0 Å². The van der Waals surface area contributed by atoms with Gasteiger partial charge in [0.1, 0.15) is 18.8 Å². The molecule has 0 bridgehead atoms. The summed E-state index contributed by atoms with van der Waals surface area (Å²) in [5.74, 6) is 0.101. The van der Waals surface area contributed by atoms with Gasteiger partial charge in [0.05, 0.1) is 18.0 Å². The predicted molar refractivity (Wildman–Crippen MR) is 140 cm³/mol. The minimum Gasteiger partial charge on any atom is -0.494 e.